The van der Waals surface area contributed by atoms with Crippen LogP contribution in [0.4, 0.5) is 11.6 Å². The third-order valence-corrected chi connectivity index (χ3v) is 2.11. The summed E-state index contributed by atoms with van der Waals surface area (Å²) in [6.07, 6.45) is 3.04. The van der Waals surface area contributed by atoms with Crippen LogP contribution in [0.3, 0.4) is 0 Å². The molecule has 0 aromatic carbocycles. The summed E-state index contributed by atoms with van der Waals surface area (Å²) in [5, 5.41) is 6.93. The van der Waals surface area contributed by atoms with E-state index in [1.165, 1.54) is 6.33 Å². The van der Waals surface area contributed by atoms with Crippen LogP contribution in [0.15, 0.2) is 23.4 Å². The molecule has 0 aliphatic heterocycles. The number of aromatic nitrogens is 4. The van der Waals surface area contributed by atoms with E-state index < -0.39 is 0 Å². The molecule has 0 spiro atoms. The highest BCUT2D eigenvalue weighted by Gasteiger charge is 2.06. The van der Waals surface area contributed by atoms with Crippen molar-refractivity contribution in [1.82, 2.24) is 19.7 Å². The van der Waals surface area contributed by atoms with Crippen LogP contribution < -0.4 is 10.9 Å². The molecular formula is C8H8ClN5O. The van der Waals surface area contributed by atoms with Crippen molar-refractivity contribution in [3.8, 4) is 0 Å². The lowest BCUT2D eigenvalue weighted by Crippen LogP contribution is -2.09. The van der Waals surface area contributed by atoms with E-state index in [-0.39, 0.29) is 10.6 Å². The normalized spacial score (nSPS) is 10.3. The van der Waals surface area contributed by atoms with Gasteiger partial charge in [-0.2, -0.15) is 5.10 Å². The van der Waals surface area contributed by atoms with E-state index in [2.05, 4.69) is 20.4 Å². The number of nitrogens with one attached hydrogen (secondary N) is 2. The van der Waals surface area contributed by atoms with Gasteiger partial charge in [0.25, 0.3) is 5.56 Å². The Morgan fingerprint density at radius 1 is 1.60 bits per heavy atom. The maximum atomic E-state index is 11.1. The van der Waals surface area contributed by atoms with Gasteiger partial charge >= 0.3 is 0 Å². The second kappa shape index (κ2) is 3.74. The van der Waals surface area contributed by atoms with E-state index in [4.69, 9.17) is 11.6 Å². The van der Waals surface area contributed by atoms with E-state index in [0.29, 0.717) is 11.6 Å². The van der Waals surface area contributed by atoms with Crippen LogP contribution in [0.25, 0.3) is 0 Å². The Balaban J connectivity index is 2.32. The van der Waals surface area contributed by atoms with Crippen LogP contribution in [0.2, 0.25) is 5.02 Å². The van der Waals surface area contributed by atoms with Gasteiger partial charge in [-0.25, -0.2) is 4.98 Å². The quantitative estimate of drug-likeness (QED) is 0.796. The summed E-state index contributed by atoms with van der Waals surface area (Å²) in [7, 11) is 1.79. The third kappa shape index (κ3) is 1.99. The monoisotopic (exact) mass is 225 g/mol. The highest BCUT2D eigenvalue weighted by atomic mass is 35.5. The number of aromatic amines is 1. The summed E-state index contributed by atoms with van der Waals surface area (Å²) in [5.74, 6) is 0.872. The fourth-order valence-corrected chi connectivity index (χ4v) is 1.22. The molecule has 2 aromatic rings. The van der Waals surface area contributed by atoms with Crippen molar-refractivity contribution in [2.24, 2.45) is 7.05 Å². The first-order valence-electron chi connectivity index (χ1n) is 4.16. The summed E-state index contributed by atoms with van der Waals surface area (Å²) in [6.45, 7) is 0. The molecule has 0 radical (unpaired) electrons. The molecule has 2 aromatic heterocycles. The number of halogens is 1. The maximum Gasteiger partial charge on any atom is 0.271 e. The molecule has 0 amide bonds. The molecule has 0 aliphatic carbocycles. The number of aryl methyl sites for hydroxylation is 1. The number of anilines is 2. The highest BCUT2D eigenvalue weighted by Crippen LogP contribution is 2.16. The second-order valence-electron chi connectivity index (χ2n) is 2.89. The minimum absolute atomic E-state index is 0.0168. The van der Waals surface area contributed by atoms with Crippen LogP contribution in [-0.4, -0.2) is 19.7 Å². The summed E-state index contributed by atoms with van der Waals surface area (Å²) in [4.78, 5) is 17.4. The van der Waals surface area contributed by atoms with Gasteiger partial charge in [0.05, 0.1) is 6.33 Å². The zero-order valence-corrected chi connectivity index (χ0v) is 8.62. The van der Waals surface area contributed by atoms with Crippen LogP contribution >= 0.6 is 11.6 Å². The number of nitrogens with zero attached hydrogens (tertiary/aromatic N) is 3. The predicted molar refractivity (Wildman–Crippen MR) is 56.4 cm³/mol. The molecule has 6 nitrogen and oxygen atoms in total. The first-order valence-corrected chi connectivity index (χ1v) is 4.54. The van der Waals surface area contributed by atoms with Crippen molar-refractivity contribution in [3.05, 3.63) is 34.0 Å². The van der Waals surface area contributed by atoms with Gasteiger partial charge < -0.3 is 10.3 Å². The zero-order chi connectivity index (χ0) is 10.8. The average molecular weight is 226 g/mol. The Bertz CT molecular complexity index is 532. The molecular weight excluding hydrogens is 218 g/mol. The molecule has 0 saturated heterocycles. The molecule has 0 atom stereocenters. The molecule has 2 N–H and O–H groups in total. The van der Waals surface area contributed by atoms with E-state index in [1.54, 1.807) is 24.0 Å². The van der Waals surface area contributed by atoms with Crippen molar-refractivity contribution in [1.29, 1.82) is 0 Å². The van der Waals surface area contributed by atoms with Crippen LogP contribution in [0.5, 0.6) is 0 Å². The number of H-pyrrole nitrogens is 1. The fourth-order valence-electron chi connectivity index (χ4n) is 1.07. The number of rotatable bonds is 2. The Kier molecular flexibility index (Phi) is 2.42. The zero-order valence-electron chi connectivity index (χ0n) is 7.86. The molecule has 2 heterocycles. The summed E-state index contributed by atoms with van der Waals surface area (Å²) in [6, 6.07) is 1.75. The lowest BCUT2D eigenvalue weighted by Gasteiger charge is -2.01. The Morgan fingerprint density at radius 3 is 3.07 bits per heavy atom. The lowest BCUT2D eigenvalue weighted by atomic mass is 10.5. The first-order chi connectivity index (χ1) is 7.16. The second-order valence-corrected chi connectivity index (χ2v) is 3.27. The maximum absolute atomic E-state index is 11.1. The molecule has 78 valence electrons. The van der Waals surface area contributed by atoms with Crippen molar-refractivity contribution >= 4 is 23.2 Å². The Morgan fingerprint density at radius 2 is 2.40 bits per heavy atom. The summed E-state index contributed by atoms with van der Waals surface area (Å²) < 4.78 is 1.63. The molecule has 15 heavy (non-hydrogen) atoms. The molecule has 0 unspecified atom stereocenters. The minimum atomic E-state index is -0.384. The van der Waals surface area contributed by atoms with Crippen molar-refractivity contribution < 1.29 is 0 Å². The summed E-state index contributed by atoms with van der Waals surface area (Å²) >= 11 is 5.75. The molecule has 2 rings (SSSR count). The van der Waals surface area contributed by atoms with Gasteiger partial charge in [0.2, 0.25) is 0 Å². The van der Waals surface area contributed by atoms with E-state index in [9.17, 15) is 4.79 Å². The first kappa shape index (κ1) is 9.72. The van der Waals surface area contributed by atoms with Gasteiger partial charge in [-0.1, -0.05) is 11.6 Å². The van der Waals surface area contributed by atoms with Gasteiger partial charge in [0.1, 0.15) is 5.02 Å². The molecule has 0 fully saturated rings. The van der Waals surface area contributed by atoms with E-state index in [0.717, 1.165) is 0 Å². The van der Waals surface area contributed by atoms with Crippen LogP contribution in [0, 0.1) is 0 Å². The van der Waals surface area contributed by atoms with Gasteiger partial charge in [-0.3, -0.25) is 9.48 Å². The van der Waals surface area contributed by atoms with Gasteiger partial charge in [-0.05, 0) is 0 Å². The lowest BCUT2D eigenvalue weighted by molar-refractivity contribution is 0.771. The van der Waals surface area contributed by atoms with Crippen molar-refractivity contribution in [3.63, 3.8) is 0 Å². The third-order valence-electron chi connectivity index (χ3n) is 1.76. The SMILES string of the molecule is Cn1ccc(Nc2nc[nH]c(=O)c2Cl)n1. The molecule has 7 heteroatoms. The van der Waals surface area contributed by atoms with Gasteiger partial charge in [-0.15, -0.1) is 0 Å². The number of hydrogen-bond donors (Lipinski definition) is 2. The van der Waals surface area contributed by atoms with E-state index >= 15 is 0 Å². The molecule has 0 bridgehead atoms. The summed E-state index contributed by atoms with van der Waals surface area (Å²) in [5.41, 5.74) is -0.384. The van der Waals surface area contributed by atoms with Crippen LogP contribution in [-0.2, 0) is 7.05 Å². The van der Waals surface area contributed by atoms with E-state index in [1.807, 2.05) is 0 Å². The van der Waals surface area contributed by atoms with Crippen molar-refractivity contribution in [2.45, 2.75) is 0 Å². The average Bonchev–Trinajstić information content (AvgIpc) is 2.59. The topological polar surface area (TPSA) is 75.6 Å². The van der Waals surface area contributed by atoms with Gasteiger partial charge in [0.15, 0.2) is 11.6 Å². The predicted octanol–water partition coefficient (Wildman–Crippen LogP) is 0.900. The largest absolute Gasteiger partial charge is 0.322 e. The van der Waals surface area contributed by atoms with Crippen molar-refractivity contribution in [2.75, 3.05) is 5.32 Å². The Labute approximate surface area is 89.9 Å². The Hall–Kier alpha value is -1.82. The van der Waals surface area contributed by atoms with Gasteiger partial charge in [0, 0.05) is 19.3 Å². The smallest absolute Gasteiger partial charge is 0.271 e. The number of hydrogen-bond acceptors (Lipinski definition) is 4. The molecule has 0 saturated carbocycles. The fraction of sp³-hybridized carbons (Fsp3) is 0.125. The minimum Gasteiger partial charge on any atom is -0.322 e. The standard InChI is InChI=1S/C8H8ClN5O/c1-14-3-2-5(13-14)12-7-6(9)8(15)11-4-10-7/h2-4H,1H3,(H2,10,11,12,13,15). The highest BCUT2D eigenvalue weighted by molar-refractivity contribution is 6.32. The van der Waals surface area contributed by atoms with Crippen LogP contribution in [0.1, 0.15) is 0 Å². The molecule has 0 aliphatic rings.